The van der Waals surface area contributed by atoms with Crippen molar-refractivity contribution in [1.82, 2.24) is 4.98 Å². The number of Topliss-reactive ketones (excluding diaryl/α,β-unsaturated/α-hetero) is 1. The number of aromatic nitrogens is 1. The van der Waals surface area contributed by atoms with Crippen LogP contribution in [0.5, 0.6) is 5.88 Å². The van der Waals surface area contributed by atoms with E-state index in [1.165, 1.54) is 5.56 Å². The summed E-state index contributed by atoms with van der Waals surface area (Å²) in [6.45, 7) is 4.09. The molecule has 0 saturated heterocycles. The molecular formula is C22H27NO2. The van der Waals surface area contributed by atoms with Gasteiger partial charge in [-0.2, -0.15) is 0 Å². The second-order valence-corrected chi connectivity index (χ2v) is 7.34. The fraction of sp³-hybridized carbons (Fsp3) is 0.455. The van der Waals surface area contributed by atoms with Crippen molar-refractivity contribution in [2.45, 2.75) is 58.5 Å². The monoisotopic (exact) mass is 337 g/mol. The van der Waals surface area contributed by atoms with E-state index in [1.807, 2.05) is 37.4 Å². The van der Waals surface area contributed by atoms with E-state index in [4.69, 9.17) is 4.74 Å². The Labute approximate surface area is 150 Å². The Kier molecular flexibility index (Phi) is 5.85. The molecule has 0 bridgehead atoms. The van der Waals surface area contributed by atoms with Crippen molar-refractivity contribution >= 4 is 5.78 Å². The highest BCUT2D eigenvalue weighted by atomic mass is 16.5. The first kappa shape index (κ1) is 17.7. The average Bonchev–Trinajstić information content (AvgIpc) is 2.59. The van der Waals surface area contributed by atoms with Crippen LogP contribution in [0, 0.1) is 19.8 Å². The number of aryl methyl sites for hydroxylation is 2. The summed E-state index contributed by atoms with van der Waals surface area (Å²) < 4.78 is 5.98. The first-order valence-corrected chi connectivity index (χ1v) is 9.25. The minimum atomic E-state index is 0.235. The average molecular weight is 337 g/mol. The number of benzene rings is 1. The number of pyridine rings is 1. The van der Waals surface area contributed by atoms with Gasteiger partial charge < -0.3 is 4.74 Å². The molecule has 1 aliphatic rings. The van der Waals surface area contributed by atoms with Crippen LogP contribution < -0.4 is 4.74 Å². The zero-order valence-electron chi connectivity index (χ0n) is 15.2. The van der Waals surface area contributed by atoms with Crippen LogP contribution in [0.25, 0.3) is 0 Å². The van der Waals surface area contributed by atoms with Crippen LogP contribution in [-0.2, 0) is 11.2 Å². The molecule has 1 aliphatic carbocycles. The molecule has 3 heteroatoms. The standard InChI is InChI=1S/C22H27NO2/c1-16-4-3-5-19(12-16)14-20(24)13-18-7-9-21(10-8-18)25-22-11-6-17(2)15-23-22/h3-6,11-12,15,18,21H,7-10,13-14H2,1-2H3. The molecule has 0 N–H and O–H groups in total. The predicted molar refractivity (Wildman–Crippen MR) is 99.9 cm³/mol. The van der Waals surface area contributed by atoms with E-state index in [0.29, 0.717) is 30.4 Å². The molecule has 1 fully saturated rings. The Hall–Kier alpha value is -2.16. The zero-order valence-corrected chi connectivity index (χ0v) is 15.2. The van der Waals surface area contributed by atoms with Gasteiger partial charge in [-0.3, -0.25) is 4.79 Å². The van der Waals surface area contributed by atoms with Crippen molar-refractivity contribution in [2.75, 3.05) is 0 Å². The number of ether oxygens (including phenoxy) is 1. The van der Waals surface area contributed by atoms with E-state index >= 15 is 0 Å². The summed E-state index contributed by atoms with van der Waals surface area (Å²) in [4.78, 5) is 16.7. The molecule has 0 unspecified atom stereocenters. The smallest absolute Gasteiger partial charge is 0.213 e. The Morgan fingerprint density at radius 3 is 2.56 bits per heavy atom. The van der Waals surface area contributed by atoms with E-state index in [9.17, 15) is 4.79 Å². The highest BCUT2D eigenvalue weighted by Gasteiger charge is 2.24. The predicted octanol–water partition coefficient (Wildman–Crippen LogP) is 4.84. The summed E-state index contributed by atoms with van der Waals surface area (Å²) in [5.74, 6) is 1.57. The Morgan fingerprint density at radius 2 is 1.88 bits per heavy atom. The lowest BCUT2D eigenvalue weighted by Gasteiger charge is -2.28. The maximum absolute atomic E-state index is 12.4. The van der Waals surface area contributed by atoms with E-state index in [-0.39, 0.29) is 6.10 Å². The SMILES string of the molecule is Cc1ccc(OC2CCC(CC(=O)Cc3cccc(C)c3)CC2)nc1. The maximum atomic E-state index is 12.4. The lowest BCUT2D eigenvalue weighted by molar-refractivity contribution is -0.119. The van der Waals surface area contributed by atoms with Gasteiger partial charge >= 0.3 is 0 Å². The third kappa shape index (κ3) is 5.42. The van der Waals surface area contributed by atoms with Crippen LogP contribution in [-0.4, -0.2) is 16.9 Å². The van der Waals surface area contributed by atoms with E-state index in [0.717, 1.165) is 36.8 Å². The van der Waals surface area contributed by atoms with Gasteiger partial charge in [-0.25, -0.2) is 4.98 Å². The highest BCUT2D eigenvalue weighted by Crippen LogP contribution is 2.29. The van der Waals surface area contributed by atoms with Gasteiger partial charge in [0.15, 0.2) is 0 Å². The minimum Gasteiger partial charge on any atom is -0.474 e. The number of hydrogen-bond acceptors (Lipinski definition) is 3. The first-order chi connectivity index (χ1) is 12.1. The molecule has 3 rings (SSSR count). The Morgan fingerprint density at radius 1 is 1.08 bits per heavy atom. The molecule has 25 heavy (non-hydrogen) atoms. The van der Waals surface area contributed by atoms with Crippen LogP contribution >= 0.6 is 0 Å². The van der Waals surface area contributed by atoms with Crippen molar-refractivity contribution < 1.29 is 9.53 Å². The molecule has 1 saturated carbocycles. The van der Waals surface area contributed by atoms with Crippen molar-refractivity contribution in [3.05, 3.63) is 59.3 Å². The third-order valence-corrected chi connectivity index (χ3v) is 4.97. The largest absolute Gasteiger partial charge is 0.474 e. The van der Waals surface area contributed by atoms with Crippen LogP contribution in [0.2, 0.25) is 0 Å². The van der Waals surface area contributed by atoms with Crippen molar-refractivity contribution in [2.24, 2.45) is 5.92 Å². The number of carbonyl (C=O) groups is 1. The summed E-state index contributed by atoms with van der Waals surface area (Å²) in [5.41, 5.74) is 3.49. The molecule has 0 aliphatic heterocycles. The lowest BCUT2D eigenvalue weighted by atomic mass is 9.83. The normalized spacial score (nSPS) is 20.2. The Balaban J connectivity index is 1.42. The maximum Gasteiger partial charge on any atom is 0.213 e. The lowest BCUT2D eigenvalue weighted by Crippen LogP contribution is -2.26. The van der Waals surface area contributed by atoms with Crippen LogP contribution in [0.15, 0.2) is 42.6 Å². The number of rotatable bonds is 6. The van der Waals surface area contributed by atoms with E-state index in [2.05, 4.69) is 24.0 Å². The molecule has 0 radical (unpaired) electrons. The van der Waals surface area contributed by atoms with Gasteiger partial charge in [-0.1, -0.05) is 35.9 Å². The van der Waals surface area contributed by atoms with Crippen molar-refractivity contribution in [3.8, 4) is 5.88 Å². The summed E-state index contributed by atoms with van der Waals surface area (Å²) in [5, 5.41) is 0. The number of hydrogen-bond donors (Lipinski definition) is 0. The van der Waals surface area contributed by atoms with Gasteiger partial charge in [0.25, 0.3) is 0 Å². The van der Waals surface area contributed by atoms with Gasteiger partial charge in [0.2, 0.25) is 5.88 Å². The van der Waals surface area contributed by atoms with Crippen LogP contribution in [0.1, 0.15) is 48.8 Å². The Bertz CT molecular complexity index is 700. The molecular weight excluding hydrogens is 310 g/mol. The van der Waals surface area contributed by atoms with Gasteiger partial charge in [-0.15, -0.1) is 0 Å². The topological polar surface area (TPSA) is 39.2 Å². The van der Waals surface area contributed by atoms with E-state index in [1.54, 1.807) is 0 Å². The molecule has 0 atom stereocenters. The zero-order chi connectivity index (χ0) is 17.6. The molecule has 0 spiro atoms. The fourth-order valence-corrected chi connectivity index (χ4v) is 3.59. The first-order valence-electron chi connectivity index (χ1n) is 9.25. The molecule has 1 heterocycles. The van der Waals surface area contributed by atoms with E-state index < -0.39 is 0 Å². The number of ketones is 1. The minimum absolute atomic E-state index is 0.235. The fourth-order valence-electron chi connectivity index (χ4n) is 3.59. The van der Waals surface area contributed by atoms with Crippen LogP contribution in [0.3, 0.4) is 0 Å². The van der Waals surface area contributed by atoms with Gasteiger partial charge in [0, 0.05) is 25.1 Å². The number of nitrogens with zero attached hydrogens (tertiary/aromatic N) is 1. The second kappa shape index (κ2) is 8.28. The second-order valence-electron chi connectivity index (χ2n) is 7.34. The third-order valence-electron chi connectivity index (χ3n) is 4.97. The molecule has 132 valence electrons. The molecule has 3 nitrogen and oxygen atoms in total. The van der Waals surface area contributed by atoms with Crippen molar-refractivity contribution in [1.29, 1.82) is 0 Å². The molecule has 2 aromatic rings. The molecule has 0 amide bonds. The van der Waals surface area contributed by atoms with Gasteiger partial charge in [0.05, 0.1) is 0 Å². The summed E-state index contributed by atoms with van der Waals surface area (Å²) in [6.07, 6.45) is 7.49. The molecule has 1 aromatic heterocycles. The van der Waals surface area contributed by atoms with Crippen LogP contribution in [0.4, 0.5) is 0 Å². The summed E-state index contributed by atoms with van der Waals surface area (Å²) >= 11 is 0. The summed E-state index contributed by atoms with van der Waals surface area (Å²) in [6, 6.07) is 12.2. The number of carbonyl (C=O) groups excluding carboxylic acids is 1. The molecule has 1 aromatic carbocycles. The van der Waals surface area contributed by atoms with Crippen molar-refractivity contribution in [3.63, 3.8) is 0 Å². The summed E-state index contributed by atoms with van der Waals surface area (Å²) in [7, 11) is 0. The van der Waals surface area contributed by atoms with Gasteiger partial charge in [0.1, 0.15) is 11.9 Å². The highest BCUT2D eigenvalue weighted by molar-refractivity contribution is 5.81. The van der Waals surface area contributed by atoms with Gasteiger partial charge in [-0.05, 0) is 56.6 Å². The quantitative estimate of drug-likeness (QED) is 0.757.